The number of benzene rings is 4. The minimum Gasteiger partial charge on any atom is -0.465 e. The van der Waals surface area contributed by atoms with Gasteiger partial charge in [0.2, 0.25) is 0 Å². The Morgan fingerprint density at radius 3 is 1.49 bits per heavy atom. The third-order valence-electron chi connectivity index (χ3n) is 9.98. The molecule has 4 aromatic rings. The number of carbonyl (C=O) groups is 3. The van der Waals surface area contributed by atoms with Gasteiger partial charge in [-0.2, -0.15) is 0 Å². The van der Waals surface area contributed by atoms with Crippen LogP contribution in [0.1, 0.15) is 71.4 Å². The van der Waals surface area contributed by atoms with Crippen molar-refractivity contribution >= 4 is 40.7 Å². The molecule has 2 aliphatic carbocycles. The summed E-state index contributed by atoms with van der Waals surface area (Å²) in [7, 11) is 0. The van der Waals surface area contributed by atoms with E-state index in [4.69, 9.17) is 37.4 Å². The second-order valence-corrected chi connectivity index (χ2v) is 15.7. The SMILES string of the molecule is CC1(C)CCC(Cc2ccc(Oc3ccc(Cl)cc3)cc2)C1=O.CCOC(=O)C1(Cc2ccc(Oc3ccc(Cl)cc3)cc2)CCC(C)(C)C1=O. The fourth-order valence-corrected chi connectivity index (χ4v) is 7.17. The molecular formula is C43H46Cl2O6. The number of carbonyl (C=O) groups excluding carboxylic acids is 3. The third kappa shape index (κ3) is 9.41. The number of Topliss-reactive ketones (excluding diaryl/α,β-unsaturated/α-hetero) is 2. The van der Waals surface area contributed by atoms with Crippen molar-refractivity contribution < 1.29 is 28.6 Å². The third-order valence-corrected chi connectivity index (χ3v) is 10.5. The molecule has 2 saturated carbocycles. The molecule has 2 atom stereocenters. The van der Waals surface area contributed by atoms with Gasteiger partial charge in [0.1, 0.15) is 34.2 Å². The highest BCUT2D eigenvalue weighted by Gasteiger charge is 2.57. The molecule has 0 radical (unpaired) electrons. The Morgan fingerprint density at radius 1 is 0.647 bits per heavy atom. The largest absolute Gasteiger partial charge is 0.465 e. The van der Waals surface area contributed by atoms with E-state index in [0.29, 0.717) is 46.6 Å². The Labute approximate surface area is 311 Å². The van der Waals surface area contributed by atoms with Crippen molar-refractivity contribution in [1.29, 1.82) is 0 Å². The molecule has 0 saturated heterocycles. The molecule has 8 heteroatoms. The number of halogens is 2. The zero-order chi connectivity index (χ0) is 36.8. The standard InChI is InChI=1S/C23H25ClO4.C20H21ClO2/c1-4-27-21(26)23(14-13-22(2,3)20(23)25)15-16-5-9-18(10-6-16)28-19-11-7-17(24)8-12-19;1-20(2)12-11-15(19(20)22)13-14-3-7-17(8-4-14)23-18-9-5-16(21)6-10-18/h5-12H,4,13-15H2,1-3H3;3-10,15H,11-13H2,1-2H3. The van der Waals surface area contributed by atoms with Crippen LogP contribution >= 0.6 is 23.2 Å². The monoisotopic (exact) mass is 728 g/mol. The second kappa shape index (κ2) is 16.0. The Balaban J connectivity index is 0.000000201. The maximum atomic E-state index is 13.1. The molecule has 4 aromatic carbocycles. The van der Waals surface area contributed by atoms with E-state index in [1.54, 1.807) is 43.3 Å². The molecule has 0 N–H and O–H groups in total. The van der Waals surface area contributed by atoms with Crippen molar-refractivity contribution in [1.82, 2.24) is 0 Å². The molecule has 0 amide bonds. The first-order chi connectivity index (χ1) is 24.2. The highest BCUT2D eigenvalue weighted by molar-refractivity contribution is 6.30. The van der Waals surface area contributed by atoms with Crippen LogP contribution in [-0.2, 0) is 32.0 Å². The summed E-state index contributed by atoms with van der Waals surface area (Å²) in [5, 5.41) is 1.34. The lowest BCUT2D eigenvalue weighted by Gasteiger charge is -2.27. The van der Waals surface area contributed by atoms with E-state index in [9.17, 15) is 14.4 Å². The van der Waals surface area contributed by atoms with Crippen LogP contribution in [0.5, 0.6) is 23.0 Å². The van der Waals surface area contributed by atoms with Gasteiger partial charge in [0.25, 0.3) is 0 Å². The van der Waals surface area contributed by atoms with Crippen molar-refractivity contribution in [3.63, 3.8) is 0 Å². The van der Waals surface area contributed by atoms with E-state index < -0.39 is 16.8 Å². The summed E-state index contributed by atoms with van der Waals surface area (Å²) >= 11 is 11.8. The van der Waals surface area contributed by atoms with E-state index >= 15 is 0 Å². The van der Waals surface area contributed by atoms with Gasteiger partial charge in [-0.15, -0.1) is 0 Å². The average molecular weight is 730 g/mol. The number of ether oxygens (including phenoxy) is 3. The van der Waals surface area contributed by atoms with Gasteiger partial charge in [-0.3, -0.25) is 14.4 Å². The molecule has 2 unspecified atom stereocenters. The normalized spacial score (nSPS) is 20.3. The molecule has 0 aromatic heterocycles. The molecule has 6 nitrogen and oxygen atoms in total. The lowest BCUT2D eigenvalue weighted by molar-refractivity contribution is -0.160. The first-order valence-electron chi connectivity index (χ1n) is 17.5. The van der Waals surface area contributed by atoms with Crippen LogP contribution in [0.25, 0.3) is 0 Å². The summed E-state index contributed by atoms with van der Waals surface area (Å²) in [4.78, 5) is 38.1. The molecule has 268 valence electrons. The maximum Gasteiger partial charge on any atom is 0.319 e. The summed E-state index contributed by atoms with van der Waals surface area (Å²) in [6, 6.07) is 29.9. The van der Waals surface area contributed by atoms with E-state index in [-0.39, 0.29) is 23.7 Å². The Morgan fingerprint density at radius 2 is 1.10 bits per heavy atom. The molecular weight excluding hydrogens is 683 g/mol. The number of rotatable bonds is 10. The van der Waals surface area contributed by atoms with Gasteiger partial charge in [0, 0.05) is 26.8 Å². The number of hydrogen-bond donors (Lipinski definition) is 0. The smallest absolute Gasteiger partial charge is 0.319 e. The summed E-state index contributed by atoms with van der Waals surface area (Å²) in [5.74, 6) is 3.03. The van der Waals surface area contributed by atoms with Crippen molar-refractivity contribution in [2.45, 2.75) is 73.1 Å². The molecule has 6 rings (SSSR count). The summed E-state index contributed by atoms with van der Waals surface area (Å²) < 4.78 is 16.9. The fraction of sp³-hybridized carbons (Fsp3) is 0.372. The van der Waals surface area contributed by atoms with Crippen molar-refractivity contribution in [3.05, 3.63) is 118 Å². The quantitative estimate of drug-likeness (QED) is 0.119. The number of ketones is 2. The lowest BCUT2D eigenvalue weighted by atomic mass is 9.75. The van der Waals surface area contributed by atoms with Crippen molar-refractivity contribution in [3.8, 4) is 23.0 Å². The minimum atomic E-state index is -1.10. The second-order valence-electron chi connectivity index (χ2n) is 14.8. The predicted octanol–water partition coefficient (Wildman–Crippen LogP) is 11.3. The van der Waals surface area contributed by atoms with Crippen LogP contribution in [-0.4, -0.2) is 24.1 Å². The van der Waals surface area contributed by atoms with Gasteiger partial charge in [-0.25, -0.2) is 0 Å². The van der Waals surface area contributed by atoms with Crippen LogP contribution < -0.4 is 9.47 Å². The molecule has 51 heavy (non-hydrogen) atoms. The Hall–Kier alpha value is -4.13. The highest BCUT2D eigenvalue weighted by atomic mass is 35.5. The van der Waals surface area contributed by atoms with E-state index in [1.165, 1.54) is 5.56 Å². The van der Waals surface area contributed by atoms with Crippen molar-refractivity contribution in [2.24, 2.45) is 22.2 Å². The van der Waals surface area contributed by atoms with Crippen LogP contribution in [0, 0.1) is 22.2 Å². The minimum absolute atomic E-state index is 0.0278. The topological polar surface area (TPSA) is 78.9 Å². The number of esters is 1. The van der Waals surface area contributed by atoms with Crippen LogP contribution in [0.15, 0.2) is 97.1 Å². The van der Waals surface area contributed by atoms with Gasteiger partial charge >= 0.3 is 5.97 Å². The first kappa shape index (κ1) is 38.1. The molecule has 0 aliphatic heterocycles. The summed E-state index contributed by atoms with van der Waals surface area (Å²) in [5.41, 5.74) is 0.331. The molecule has 0 heterocycles. The first-order valence-corrected chi connectivity index (χ1v) is 18.3. The summed E-state index contributed by atoms with van der Waals surface area (Å²) in [6.07, 6.45) is 4.35. The van der Waals surface area contributed by atoms with E-state index in [1.807, 2.05) is 74.5 Å². The molecule has 2 aliphatic rings. The number of hydrogen-bond acceptors (Lipinski definition) is 6. The zero-order valence-electron chi connectivity index (χ0n) is 30.0. The molecule has 2 fully saturated rings. The van der Waals surface area contributed by atoms with Gasteiger partial charge in [-0.1, -0.05) is 75.2 Å². The van der Waals surface area contributed by atoms with Crippen LogP contribution in [0.4, 0.5) is 0 Å². The fourth-order valence-electron chi connectivity index (χ4n) is 6.92. The van der Waals surface area contributed by atoms with Gasteiger partial charge in [0.15, 0.2) is 5.78 Å². The van der Waals surface area contributed by atoms with Crippen molar-refractivity contribution in [2.75, 3.05) is 6.61 Å². The maximum absolute atomic E-state index is 13.1. The van der Waals surface area contributed by atoms with E-state index in [0.717, 1.165) is 36.3 Å². The Kier molecular flexibility index (Phi) is 12.0. The lowest BCUT2D eigenvalue weighted by Crippen LogP contribution is -2.42. The van der Waals surface area contributed by atoms with E-state index in [2.05, 4.69) is 13.8 Å². The van der Waals surface area contributed by atoms with Gasteiger partial charge in [-0.05, 0) is 129 Å². The average Bonchev–Trinajstić information content (AvgIpc) is 3.50. The van der Waals surface area contributed by atoms with Crippen LogP contribution in [0.3, 0.4) is 0 Å². The van der Waals surface area contributed by atoms with Gasteiger partial charge in [0.05, 0.1) is 6.61 Å². The Bertz CT molecular complexity index is 1810. The van der Waals surface area contributed by atoms with Crippen LogP contribution in [0.2, 0.25) is 10.0 Å². The predicted molar refractivity (Wildman–Crippen MR) is 202 cm³/mol. The molecule has 0 bridgehead atoms. The molecule has 0 spiro atoms. The zero-order valence-corrected chi connectivity index (χ0v) is 31.5. The van der Waals surface area contributed by atoms with Gasteiger partial charge < -0.3 is 14.2 Å². The highest BCUT2D eigenvalue weighted by Crippen LogP contribution is 2.48. The summed E-state index contributed by atoms with van der Waals surface area (Å²) in [6.45, 7) is 9.94.